The summed E-state index contributed by atoms with van der Waals surface area (Å²) < 4.78 is 13.4. The zero-order valence-electron chi connectivity index (χ0n) is 11.7. The summed E-state index contributed by atoms with van der Waals surface area (Å²) in [5.74, 6) is -0.448. The molecule has 0 atom stereocenters. The fraction of sp³-hybridized carbons (Fsp3) is 0.188. The van der Waals surface area contributed by atoms with Crippen LogP contribution in [0.5, 0.6) is 0 Å². The molecule has 0 aliphatic rings. The maximum atomic E-state index is 13.4. The van der Waals surface area contributed by atoms with Crippen LogP contribution in [0.1, 0.15) is 5.56 Å². The molecule has 1 amide bonds. The topological polar surface area (TPSA) is 41.1 Å². The lowest BCUT2D eigenvalue weighted by Gasteiger charge is -2.09. The van der Waals surface area contributed by atoms with Gasteiger partial charge in [-0.2, -0.15) is 0 Å². The van der Waals surface area contributed by atoms with Gasteiger partial charge in [-0.1, -0.05) is 41.4 Å². The molecule has 6 heteroatoms. The van der Waals surface area contributed by atoms with Gasteiger partial charge in [0.25, 0.3) is 0 Å². The van der Waals surface area contributed by atoms with Gasteiger partial charge >= 0.3 is 0 Å². The molecule has 0 radical (unpaired) electrons. The second-order valence-corrected chi connectivity index (χ2v) is 5.58. The first-order valence-electron chi connectivity index (χ1n) is 6.74. The van der Waals surface area contributed by atoms with Gasteiger partial charge in [0.15, 0.2) is 0 Å². The van der Waals surface area contributed by atoms with Crippen molar-refractivity contribution in [3.05, 3.63) is 63.9 Å². The quantitative estimate of drug-likeness (QED) is 0.837. The van der Waals surface area contributed by atoms with Crippen LogP contribution in [0.2, 0.25) is 10.0 Å². The van der Waals surface area contributed by atoms with E-state index in [9.17, 15) is 9.18 Å². The predicted molar refractivity (Wildman–Crippen MR) is 88.1 cm³/mol. The van der Waals surface area contributed by atoms with E-state index >= 15 is 0 Å². The molecule has 0 aliphatic heterocycles. The second-order valence-electron chi connectivity index (χ2n) is 4.70. The molecule has 2 rings (SSSR count). The van der Waals surface area contributed by atoms with E-state index in [2.05, 4.69) is 10.6 Å². The van der Waals surface area contributed by atoms with Crippen molar-refractivity contribution in [2.45, 2.75) is 6.42 Å². The summed E-state index contributed by atoms with van der Waals surface area (Å²) in [6.07, 6.45) is 0.446. The van der Waals surface area contributed by atoms with Gasteiger partial charge in [-0.3, -0.25) is 4.79 Å². The minimum absolute atomic E-state index is 0.0912. The molecule has 22 heavy (non-hydrogen) atoms. The Bertz CT molecular complexity index is 644. The van der Waals surface area contributed by atoms with Gasteiger partial charge in [-0.25, -0.2) is 4.39 Å². The first-order valence-corrected chi connectivity index (χ1v) is 7.50. The molecular weight excluding hydrogens is 326 g/mol. The van der Waals surface area contributed by atoms with Crippen molar-refractivity contribution < 1.29 is 9.18 Å². The van der Waals surface area contributed by atoms with Crippen LogP contribution in [0.4, 0.5) is 10.1 Å². The summed E-state index contributed by atoms with van der Waals surface area (Å²) in [4.78, 5) is 11.7. The van der Waals surface area contributed by atoms with Crippen molar-refractivity contribution in [2.24, 2.45) is 0 Å². The summed E-state index contributed by atoms with van der Waals surface area (Å²) in [7, 11) is 0. The van der Waals surface area contributed by atoms with Crippen LogP contribution in [0, 0.1) is 5.82 Å². The summed E-state index contributed by atoms with van der Waals surface area (Å²) in [6, 6.07) is 11.5. The van der Waals surface area contributed by atoms with E-state index in [1.807, 2.05) is 0 Å². The van der Waals surface area contributed by atoms with Crippen LogP contribution in [-0.4, -0.2) is 19.0 Å². The highest BCUT2D eigenvalue weighted by molar-refractivity contribution is 6.35. The average Bonchev–Trinajstić information content (AvgIpc) is 2.46. The molecular formula is C16H15Cl2FN2O. The number of carbonyl (C=O) groups excluding carboxylic acids is 1. The molecule has 0 aromatic heterocycles. The third-order valence-corrected chi connectivity index (χ3v) is 3.43. The van der Waals surface area contributed by atoms with Gasteiger partial charge in [-0.05, 0) is 36.2 Å². The Morgan fingerprint density at radius 1 is 1.09 bits per heavy atom. The summed E-state index contributed by atoms with van der Waals surface area (Å²) in [5.41, 5.74) is 1.25. The Kier molecular flexibility index (Phi) is 6.04. The molecule has 2 aromatic rings. The number of amides is 1. The van der Waals surface area contributed by atoms with Gasteiger partial charge in [0.2, 0.25) is 5.91 Å². The number of halogens is 3. The summed E-state index contributed by atoms with van der Waals surface area (Å²) in [6.45, 7) is 0.464. The molecule has 0 heterocycles. The number of anilines is 1. The molecule has 0 saturated carbocycles. The zero-order valence-corrected chi connectivity index (χ0v) is 13.2. The van der Waals surface area contributed by atoms with Crippen molar-refractivity contribution in [3.63, 3.8) is 0 Å². The molecule has 0 saturated heterocycles. The maximum absolute atomic E-state index is 13.4. The largest absolute Gasteiger partial charge is 0.376 e. The summed E-state index contributed by atoms with van der Waals surface area (Å²) >= 11 is 11.7. The first kappa shape index (κ1) is 16.6. The van der Waals surface area contributed by atoms with Gasteiger partial charge in [0.05, 0.1) is 6.54 Å². The van der Waals surface area contributed by atoms with Crippen LogP contribution in [0.25, 0.3) is 0 Å². The fourth-order valence-electron chi connectivity index (χ4n) is 1.94. The monoisotopic (exact) mass is 340 g/mol. The van der Waals surface area contributed by atoms with E-state index in [0.29, 0.717) is 34.3 Å². The molecule has 2 aromatic carbocycles. The smallest absolute Gasteiger partial charge is 0.239 e. The van der Waals surface area contributed by atoms with E-state index in [1.165, 1.54) is 6.07 Å². The van der Waals surface area contributed by atoms with Crippen molar-refractivity contribution in [1.82, 2.24) is 5.32 Å². The highest BCUT2D eigenvalue weighted by atomic mass is 35.5. The standard InChI is InChI=1S/C16H15Cl2FN2O/c17-12-7-13(18)9-14(8-12)21-10-16(22)20-6-5-11-3-1-2-4-15(11)19/h1-4,7-9,21H,5-6,10H2,(H,20,22). The normalized spacial score (nSPS) is 10.3. The van der Waals surface area contributed by atoms with Gasteiger partial charge < -0.3 is 10.6 Å². The second kappa shape index (κ2) is 8.01. The van der Waals surface area contributed by atoms with E-state index in [4.69, 9.17) is 23.2 Å². The predicted octanol–water partition coefficient (Wildman–Crippen LogP) is 3.90. The zero-order chi connectivity index (χ0) is 15.9. The third kappa shape index (κ3) is 5.20. The van der Waals surface area contributed by atoms with E-state index in [1.54, 1.807) is 36.4 Å². The van der Waals surface area contributed by atoms with Crippen LogP contribution < -0.4 is 10.6 Å². The Labute approximate surface area is 138 Å². The number of carbonyl (C=O) groups is 1. The number of hydrogen-bond acceptors (Lipinski definition) is 2. The lowest BCUT2D eigenvalue weighted by Crippen LogP contribution is -2.31. The van der Waals surface area contributed by atoms with E-state index in [-0.39, 0.29) is 18.3 Å². The average molecular weight is 341 g/mol. The van der Waals surface area contributed by atoms with Gasteiger partial charge in [-0.15, -0.1) is 0 Å². The molecule has 116 valence electrons. The van der Waals surface area contributed by atoms with Crippen LogP contribution in [0.3, 0.4) is 0 Å². The number of benzene rings is 2. The van der Waals surface area contributed by atoms with Gasteiger partial charge in [0, 0.05) is 22.3 Å². The Hall–Kier alpha value is -1.78. The number of hydrogen-bond donors (Lipinski definition) is 2. The SMILES string of the molecule is O=C(CNc1cc(Cl)cc(Cl)c1)NCCc1ccccc1F. The lowest BCUT2D eigenvalue weighted by molar-refractivity contribution is -0.119. The number of rotatable bonds is 6. The van der Waals surface area contributed by atoms with Crippen LogP contribution in [-0.2, 0) is 11.2 Å². The lowest BCUT2D eigenvalue weighted by atomic mass is 10.1. The first-order chi connectivity index (χ1) is 10.5. The molecule has 2 N–H and O–H groups in total. The molecule has 0 fully saturated rings. The molecule has 0 spiro atoms. The Balaban J connectivity index is 1.75. The maximum Gasteiger partial charge on any atom is 0.239 e. The molecule has 0 aliphatic carbocycles. The van der Waals surface area contributed by atoms with Crippen molar-refractivity contribution in [2.75, 3.05) is 18.4 Å². The molecule has 3 nitrogen and oxygen atoms in total. The Morgan fingerprint density at radius 3 is 2.45 bits per heavy atom. The highest BCUT2D eigenvalue weighted by Crippen LogP contribution is 2.22. The Morgan fingerprint density at radius 2 is 1.77 bits per heavy atom. The van der Waals surface area contributed by atoms with Crippen molar-refractivity contribution in [1.29, 1.82) is 0 Å². The minimum Gasteiger partial charge on any atom is -0.376 e. The van der Waals surface area contributed by atoms with Crippen LogP contribution in [0.15, 0.2) is 42.5 Å². The molecule has 0 unspecified atom stereocenters. The van der Waals surface area contributed by atoms with Gasteiger partial charge in [0.1, 0.15) is 5.82 Å². The van der Waals surface area contributed by atoms with Crippen molar-refractivity contribution in [3.8, 4) is 0 Å². The van der Waals surface area contributed by atoms with E-state index in [0.717, 1.165) is 0 Å². The minimum atomic E-state index is -0.261. The highest BCUT2D eigenvalue weighted by Gasteiger charge is 2.04. The van der Waals surface area contributed by atoms with Crippen LogP contribution >= 0.6 is 23.2 Å². The summed E-state index contributed by atoms with van der Waals surface area (Å²) in [5, 5.41) is 6.65. The fourth-order valence-corrected chi connectivity index (χ4v) is 2.46. The van der Waals surface area contributed by atoms with E-state index < -0.39 is 0 Å². The third-order valence-electron chi connectivity index (χ3n) is 2.99. The molecule has 0 bridgehead atoms. The van der Waals surface area contributed by atoms with Crippen molar-refractivity contribution >= 4 is 34.8 Å². The number of nitrogens with one attached hydrogen (secondary N) is 2.